The highest BCUT2D eigenvalue weighted by molar-refractivity contribution is 5.90. The lowest BCUT2D eigenvalue weighted by molar-refractivity contribution is -0.135. The Bertz CT molecular complexity index is 618. The van der Waals surface area contributed by atoms with Crippen LogP contribution in [0.1, 0.15) is 24.9 Å². The number of ether oxygens (including phenoxy) is 1. The summed E-state index contributed by atoms with van der Waals surface area (Å²) >= 11 is 0. The summed E-state index contributed by atoms with van der Waals surface area (Å²) in [6, 6.07) is 7.37. The van der Waals surface area contributed by atoms with Crippen molar-refractivity contribution in [3.63, 3.8) is 0 Å². The quantitative estimate of drug-likeness (QED) is 0.752. The van der Waals surface area contributed by atoms with E-state index >= 15 is 0 Å². The zero-order valence-corrected chi connectivity index (χ0v) is 15.9. The number of carbonyl (C=O) groups excluding carboxylic acids is 2. The SMILES string of the molecule is CCN1C(=O)C[C@@H](C(=O)N(C)CCN(C)C)[C@@H]1c1ccccc1OC. The molecule has 0 N–H and O–H groups in total. The van der Waals surface area contributed by atoms with E-state index in [-0.39, 0.29) is 30.2 Å². The van der Waals surface area contributed by atoms with Crippen LogP contribution in [0.3, 0.4) is 0 Å². The monoisotopic (exact) mass is 347 g/mol. The fraction of sp³-hybridized carbons (Fsp3) is 0.579. The second-order valence-corrected chi connectivity index (χ2v) is 6.74. The molecule has 1 saturated heterocycles. The average molecular weight is 347 g/mol. The first kappa shape index (κ1) is 19.2. The number of likely N-dealkylation sites (tertiary alicyclic amines) is 1. The van der Waals surface area contributed by atoms with Gasteiger partial charge in [0.2, 0.25) is 11.8 Å². The third-order valence-corrected chi connectivity index (χ3v) is 4.81. The third kappa shape index (κ3) is 4.12. The van der Waals surface area contributed by atoms with Crippen LogP contribution in [-0.2, 0) is 9.59 Å². The van der Waals surface area contributed by atoms with E-state index in [1.165, 1.54) is 0 Å². The highest BCUT2D eigenvalue weighted by Crippen LogP contribution is 2.42. The molecular weight excluding hydrogens is 318 g/mol. The van der Waals surface area contributed by atoms with E-state index in [0.29, 0.717) is 13.1 Å². The van der Waals surface area contributed by atoms with Gasteiger partial charge in [0.05, 0.1) is 19.1 Å². The van der Waals surface area contributed by atoms with Crippen molar-refractivity contribution in [3.05, 3.63) is 29.8 Å². The molecule has 1 aromatic rings. The normalized spacial score (nSPS) is 20.2. The predicted octanol–water partition coefficient (Wildman–Crippen LogP) is 1.62. The third-order valence-electron chi connectivity index (χ3n) is 4.81. The smallest absolute Gasteiger partial charge is 0.228 e. The van der Waals surface area contributed by atoms with Gasteiger partial charge in [0.15, 0.2) is 0 Å². The number of rotatable bonds is 7. The van der Waals surface area contributed by atoms with Gasteiger partial charge in [-0.15, -0.1) is 0 Å². The highest BCUT2D eigenvalue weighted by atomic mass is 16.5. The van der Waals surface area contributed by atoms with Crippen LogP contribution in [0.2, 0.25) is 0 Å². The van der Waals surface area contributed by atoms with Crippen LogP contribution < -0.4 is 4.74 Å². The summed E-state index contributed by atoms with van der Waals surface area (Å²) in [6.45, 7) is 3.96. The molecule has 0 spiro atoms. The average Bonchev–Trinajstić information content (AvgIpc) is 2.94. The number of benzene rings is 1. The molecular formula is C19H29N3O3. The molecule has 2 atom stereocenters. The molecule has 2 amide bonds. The van der Waals surface area contributed by atoms with Crippen LogP contribution in [0.25, 0.3) is 0 Å². The summed E-state index contributed by atoms with van der Waals surface area (Å²) < 4.78 is 5.48. The van der Waals surface area contributed by atoms with Crippen molar-refractivity contribution in [2.45, 2.75) is 19.4 Å². The number of para-hydroxylation sites is 1. The molecule has 6 heteroatoms. The Hall–Kier alpha value is -2.08. The second-order valence-electron chi connectivity index (χ2n) is 6.74. The minimum atomic E-state index is -0.379. The zero-order valence-electron chi connectivity index (χ0n) is 15.9. The molecule has 1 aliphatic heterocycles. The Morgan fingerprint density at radius 1 is 1.24 bits per heavy atom. The van der Waals surface area contributed by atoms with Gasteiger partial charge in [-0.3, -0.25) is 9.59 Å². The zero-order chi connectivity index (χ0) is 18.6. The first-order chi connectivity index (χ1) is 11.9. The fourth-order valence-electron chi connectivity index (χ4n) is 3.42. The molecule has 1 aliphatic rings. The molecule has 0 aliphatic carbocycles. The summed E-state index contributed by atoms with van der Waals surface area (Å²) in [7, 11) is 7.39. The number of methoxy groups -OCH3 is 1. The second kappa shape index (κ2) is 8.34. The Balaban J connectivity index is 2.32. The largest absolute Gasteiger partial charge is 0.496 e. The van der Waals surface area contributed by atoms with Crippen LogP contribution >= 0.6 is 0 Å². The first-order valence-electron chi connectivity index (χ1n) is 8.72. The van der Waals surface area contributed by atoms with Gasteiger partial charge < -0.3 is 19.4 Å². The van der Waals surface area contributed by atoms with Crippen molar-refractivity contribution in [2.75, 3.05) is 47.9 Å². The molecule has 6 nitrogen and oxygen atoms in total. The van der Waals surface area contributed by atoms with Crippen LogP contribution in [-0.4, -0.2) is 74.4 Å². The number of likely N-dealkylation sites (N-methyl/N-ethyl adjacent to an activating group) is 2. The molecule has 1 fully saturated rings. The molecule has 1 aromatic carbocycles. The van der Waals surface area contributed by atoms with E-state index in [4.69, 9.17) is 4.74 Å². The van der Waals surface area contributed by atoms with E-state index in [9.17, 15) is 9.59 Å². The van der Waals surface area contributed by atoms with E-state index < -0.39 is 0 Å². The molecule has 1 heterocycles. The summed E-state index contributed by atoms with van der Waals surface area (Å²) in [4.78, 5) is 31.1. The lowest BCUT2D eigenvalue weighted by Gasteiger charge is -2.30. The summed E-state index contributed by atoms with van der Waals surface area (Å²) in [5.74, 6) is 0.380. The van der Waals surface area contributed by atoms with Crippen LogP contribution in [0.5, 0.6) is 5.75 Å². The van der Waals surface area contributed by atoms with Crippen LogP contribution in [0.15, 0.2) is 24.3 Å². The molecule has 0 radical (unpaired) electrons. The van der Waals surface area contributed by atoms with E-state index in [0.717, 1.165) is 17.9 Å². The molecule has 138 valence electrons. The van der Waals surface area contributed by atoms with E-state index in [1.54, 1.807) is 16.9 Å². The summed E-state index contributed by atoms with van der Waals surface area (Å²) in [5.41, 5.74) is 0.900. The highest BCUT2D eigenvalue weighted by Gasteiger charge is 2.45. The number of amides is 2. The maximum absolute atomic E-state index is 13.0. The van der Waals surface area contributed by atoms with Crippen molar-refractivity contribution in [1.82, 2.24) is 14.7 Å². The van der Waals surface area contributed by atoms with Crippen molar-refractivity contribution in [3.8, 4) is 5.75 Å². The van der Waals surface area contributed by atoms with Gasteiger partial charge in [0.25, 0.3) is 0 Å². The van der Waals surface area contributed by atoms with Gasteiger partial charge in [-0.2, -0.15) is 0 Å². The fourth-order valence-corrected chi connectivity index (χ4v) is 3.42. The summed E-state index contributed by atoms with van der Waals surface area (Å²) in [5, 5.41) is 0. The van der Waals surface area contributed by atoms with Crippen molar-refractivity contribution in [1.29, 1.82) is 0 Å². The Kier molecular flexibility index (Phi) is 6.42. The lowest BCUT2D eigenvalue weighted by atomic mass is 9.91. The Morgan fingerprint density at radius 2 is 1.92 bits per heavy atom. The first-order valence-corrected chi connectivity index (χ1v) is 8.72. The topological polar surface area (TPSA) is 53.1 Å². The minimum Gasteiger partial charge on any atom is -0.496 e. The van der Waals surface area contributed by atoms with Gasteiger partial charge >= 0.3 is 0 Å². The van der Waals surface area contributed by atoms with Gasteiger partial charge in [-0.1, -0.05) is 18.2 Å². The van der Waals surface area contributed by atoms with E-state index in [1.807, 2.05) is 57.2 Å². The van der Waals surface area contributed by atoms with Gasteiger partial charge in [-0.05, 0) is 27.1 Å². The predicted molar refractivity (Wildman–Crippen MR) is 97.4 cm³/mol. The van der Waals surface area contributed by atoms with Crippen molar-refractivity contribution < 1.29 is 14.3 Å². The maximum atomic E-state index is 13.0. The number of hydrogen-bond donors (Lipinski definition) is 0. The lowest BCUT2D eigenvalue weighted by Crippen LogP contribution is -2.39. The molecule has 2 rings (SSSR count). The number of hydrogen-bond acceptors (Lipinski definition) is 4. The standard InChI is InChI=1S/C19H29N3O3/c1-6-22-17(23)13-15(19(24)21(4)12-11-20(2)3)18(22)14-9-7-8-10-16(14)25-5/h7-10,15,18H,6,11-13H2,1-5H3/t15-,18+/m1/s1. The Morgan fingerprint density at radius 3 is 2.52 bits per heavy atom. The molecule has 0 aromatic heterocycles. The van der Waals surface area contributed by atoms with Gasteiger partial charge in [0.1, 0.15) is 5.75 Å². The number of carbonyl (C=O) groups is 2. The molecule has 0 saturated carbocycles. The van der Waals surface area contributed by atoms with E-state index in [2.05, 4.69) is 0 Å². The van der Waals surface area contributed by atoms with Crippen molar-refractivity contribution in [2.24, 2.45) is 5.92 Å². The molecule has 25 heavy (non-hydrogen) atoms. The van der Waals surface area contributed by atoms with Crippen LogP contribution in [0.4, 0.5) is 0 Å². The van der Waals surface area contributed by atoms with Gasteiger partial charge in [-0.25, -0.2) is 0 Å². The molecule has 0 bridgehead atoms. The van der Waals surface area contributed by atoms with Gasteiger partial charge in [0, 0.05) is 38.7 Å². The molecule has 0 unspecified atom stereocenters. The minimum absolute atomic E-state index is 0.0158. The number of nitrogens with zero attached hydrogens (tertiary/aromatic N) is 3. The van der Waals surface area contributed by atoms with Crippen LogP contribution in [0, 0.1) is 5.92 Å². The Labute approximate surface area is 150 Å². The maximum Gasteiger partial charge on any atom is 0.228 e. The summed E-state index contributed by atoms with van der Waals surface area (Å²) in [6.07, 6.45) is 0.252. The van der Waals surface area contributed by atoms with Crippen molar-refractivity contribution >= 4 is 11.8 Å².